The van der Waals surface area contributed by atoms with Crippen LogP contribution in [0.4, 0.5) is 0 Å². The Balaban J connectivity index is 2.03. The predicted octanol–water partition coefficient (Wildman–Crippen LogP) is 1.35. The number of amides is 1. The van der Waals surface area contributed by atoms with Gasteiger partial charge in [0.25, 0.3) is 11.7 Å². The second-order valence-corrected chi connectivity index (χ2v) is 5.20. The van der Waals surface area contributed by atoms with Crippen LogP contribution in [0.25, 0.3) is 0 Å². The number of rotatable bonds is 5. The van der Waals surface area contributed by atoms with Crippen LogP contribution in [0.15, 0.2) is 4.52 Å². The first-order chi connectivity index (χ1) is 8.58. The van der Waals surface area contributed by atoms with Crippen molar-refractivity contribution in [2.75, 3.05) is 13.1 Å². The number of hydrogen-bond donors (Lipinski definition) is 1. The van der Waals surface area contributed by atoms with Gasteiger partial charge in [0, 0.05) is 0 Å². The SMILES string of the molecule is CC(C)CCN1CCC[C@H]1c1nc(C(N)=O)no1. The zero-order chi connectivity index (χ0) is 13.1. The second-order valence-electron chi connectivity index (χ2n) is 5.20. The van der Waals surface area contributed by atoms with Crippen LogP contribution in [0.5, 0.6) is 0 Å². The fourth-order valence-electron chi connectivity index (χ4n) is 2.27. The maximum Gasteiger partial charge on any atom is 0.290 e. The molecule has 100 valence electrons. The van der Waals surface area contributed by atoms with Gasteiger partial charge in [-0.05, 0) is 38.3 Å². The van der Waals surface area contributed by atoms with Crippen molar-refractivity contribution in [1.29, 1.82) is 0 Å². The van der Waals surface area contributed by atoms with Crippen LogP contribution in [0, 0.1) is 5.92 Å². The Morgan fingerprint density at radius 2 is 2.39 bits per heavy atom. The second kappa shape index (κ2) is 5.48. The summed E-state index contributed by atoms with van der Waals surface area (Å²) in [6.45, 7) is 6.49. The monoisotopic (exact) mass is 252 g/mol. The van der Waals surface area contributed by atoms with E-state index in [4.69, 9.17) is 10.3 Å². The van der Waals surface area contributed by atoms with Crippen LogP contribution in [0.2, 0.25) is 0 Å². The number of nitrogens with two attached hydrogens (primary N) is 1. The maximum atomic E-state index is 10.9. The quantitative estimate of drug-likeness (QED) is 0.855. The highest BCUT2D eigenvalue weighted by Gasteiger charge is 2.30. The zero-order valence-corrected chi connectivity index (χ0v) is 10.9. The van der Waals surface area contributed by atoms with Gasteiger partial charge in [-0.15, -0.1) is 0 Å². The average molecular weight is 252 g/mol. The van der Waals surface area contributed by atoms with Crippen LogP contribution in [-0.2, 0) is 0 Å². The first-order valence-corrected chi connectivity index (χ1v) is 6.45. The molecule has 1 aliphatic heterocycles. The highest BCUT2D eigenvalue weighted by molar-refractivity contribution is 5.88. The number of aromatic nitrogens is 2. The fourth-order valence-corrected chi connectivity index (χ4v) is 2.27. The van der Waals surface area contributed by atoms with Crippen molar-refractivity contribution in [2.45, 2.75) is 39.2 Å². The van der Waals surface area contributed by atoms with E-state index in [1.807, 2.05) is 0 Å². The number of carbonyl (C=O) groups is 1. The van der Waals surface area contributed by atoms with Crippen molar-refractivity contribution in [3.63, 3.8) is 0 Å². The van der Waals surface area contributed by atoms with Crippen LogP contribution >= 0.6 is 0 Å². The van der Waals surface area contributed by atoms with Gasteiger partial charge in [0.05, 0.1) is 6.04 Å². The normalized spacial score (nSPS) is 20.7. The van der Waals surface area contributed by atoms with Gasteiger partial charge in [0.2, 0.25) is 5.89 Å². The molecule has 1 saturated heterocycles. The van der Waals surface area contributed by atoms with Crippen LogP contribution in [-0.4, -0.2) is 34.0 Å². The highest BCUT2D eigenvalue weighted by Crippen LogP contribution is 2.31. The van der Waals surface area contributed by atoms with E-state index >= 15 is 0 Å². The summed E-state index contributed by atoms with van der Waals surface area (Å²) in [7, 11) is 0. The van der Waals surface area contributed by atoms with Crippen LogP contribution in [0.3, 0.4) is 0 Å². The molecule has 0 aliphatic carbocycles. The molecule has 1 aromatic rings. The molecule has 1 aliphatic rings. The third-order valence-electron chi connectivity index (χ3n) is 3.30. The Kier molecular flexibility index (Phi) is 3.96. The van der Waals surface area contributed by atoms with Crippen molar-refractivity contribution in [2.24, 2.45) is 11.7 Å². The summed E-state index contributed by atoms with van der Waals surface area (Å²) < 4.78 is 5.14. The summed E-state index contributed by atoms with van der Waals surface area (Å²) in [5.41, 5.74) is 5.12. The van der Waals surface area contributed by atoms with Gasteiger partial charge in [-0.25, -0.2) is 0 Å². The van der Waals surface area contributed by atoms with E-state index in [0.717, 1.165) is 32.4 Å². The summed E-state index contributed by atoms with van der Waals surface area (Å²) in [6, 6.07) is 0.143. The van der Waals surface area contributed by atoms with Crippen molar-refractivity contribution in [3.05, 3.63) is 11.7 Å². The van der Waals surface area contributed by atoms with E-state index < -0.39 is 5.91 Å². The summed E-state index contributed by atoms with van der Waals surface area (Å²) in [5.74, 6) is 0.526. The minimum Gasteiger partial charge on any atom is -0.363 e. The Morgan fingerprint density at radius 3 is 3.00 bits per heavy atom. The summed E-state index contributed by atoms with van der Waals surface area (Å²) >= 11 is 0. The van der Waals surface area contributed by atoms with E-state index in [0.29, 0.717) is 11.8 Å². The van der Waals surface area contributed by atoms with Gasteiger partial charge in [-0.2, -0.15) is 4.98 Å². The Morgan fingerprint density at radius 1 is 1.61 bits per heavy atom. The molecule has 2 heterocycles. The van der Waals surface area contributed by atoms with E-state index in [2.05, 4.69) is 28.9 Å². The highest BCUT2D eigenvalue weighted by atomic mass is 16.5. The largest absolute Gasteiger partial charge is 0.363 e. The third-order valence-corrected chi connectivity index (χ3v) is 3.30. The third kappa shape index (κ3) is 2.87. The molecule has 1 atom stereocenters. The van der Waals surface area contributed by atoms with E-state index in [9.17, 15) is 4.79 Å². The number of hydrogen-bond acceptors (Lipinski definition) is 5. The molecule has 1 fully saturated rings. The topological polar surface area (TPSA) is 85.3 Å². The first kappa shape index (κ1) is 13.0. The molecule has 0 spiro atoms. The van der Waals surface area contributed by atoms with Gasteiger partial charge < -0.3 is 10.3 Å². The minimum atomic E-state index is -0.642. The molecule has 6 nitrogen and oxygen atoms in total. The first-order valence-electron chi connectivity index (χ1n) is 6.45. The fraction of sp³-hybridized carbons (Fsp3) is 0.750. The van der Waals surface area contributed by atoms with Crippen molar-refractivity contribution in [3.8, 4) is 0 Å². The van der Waals surface area contributed by atoms with Gasteiger partial charge in [-0.1, -0.05) is 19.0 Å². The number of primary amides is 1. The number of likely N-dealkylation sites (tertiary alicyclic amines) is 1. The summed E-state index contributed by atoms with van der Waals surface area (Å²) in [5, 5.41) is 3.60. The molecule has 6 heteroatoms. The van der Waals surface area contributed by atoms with Crippen molar-refractivity contribution < 1.29 is 9.32 Å². The van der Waals surface area contributed by atoms with Crippen molar-refractivity contribution >= 4 is 5.91 Å². The standard InChI is InChI=1S/C12H20N4O2/c1-8(2)5-7-16-6-3-4-9(16)12-14-11(10(13)17)15-18-12/h8-9H,3-7H2,1-2H3,(H2,13,17)/t9-/m0/s1. The average Bonchev–Trinajstić information content (AvgIpc) is 2.94. The number of carbonyl (C=O) groups excluding carboxylic acids is 1. The van der Waals surface area contributed by atoms with E-state index in [-0.39, 0.29) is 11.9 Å². The summed E-state index contributed by atoms with van der Waals surface area (Å²) in [6.07, 6.45) is 3.27. The molecule has 2 N–H and O–H groups in total. The van der Waals surface area contributed by atoms with Gasteiger partial charge in [-0.3, -0.25) is 9.69 Å². The summed E-state index contributed by atoms with van der Waals surface area (Å²) in [4.78, 5) is 17.4. The lowest BCUT2D eigenvalue weighted by Gasteiger charge is -2.22. The molecule has 0 saturated carbocycles. The van der Waals surface area contributed by atoms with Gasteiger partial charge in [0.15, 0.2) is 0 Å². The zero-order valence-electron chi connectivity index (χ0n) is 10.9. The molecule has 0 unspecified atom stereocenters. The predicted molar refractivity (Wildman–Crippen MR) is 65.8 cm³/mol. The van der Waals surface area contributed by atoms with E-state index in [1.54, 1.807) is 0 Å². The molecular formula is C12H20N4O2. The molecule has 0 aromatic carbocycles. The van der Waals surface area contributed by atoms with Crippen LogP contribution < -0.4 is 5.73 Å². The lowest BCUT2D eigenvalue weighted by Crippen LogP contribution is -2.25. The Labute approximate surface area is 107 Å². The maximum absolute atomic E-state index is 10.9. The minimum absolute atomic E-state index is 0.0271. The molecule has 18 heavy (non-hydrogen) atoms. The lowest BCUT2D eigenvalue weighted by atomic mass is 10.1. The van der Waals surface area contributed by atoms with Crippen LogP contribution in [0.1, 0.15) is 55.7 Å². The molecule has 1 amide bonds. The molecule has 2 rings (SSSR count). The molecule has 0 radical (unpaired) electrons. The molecule has 0 bridgehead atoms. The smallest absolute Gasteiger partial charge is 0.290 e. The van der Waals surface area contributed by atoms with Gasteiger partial charge in [0.1, 0.15) is 0 Å². The van der Waals surface area contributed by atoms with Gasteiger partial charge >= 0.3 is 0 Å². The molecule has 1 aromatic heterocycles. The van der Waals surface area contributed by atoms with E-state index in [1.165, 1.54) is 0 Å². The lowest BCUT2D eigenvalue weighted by molar-refractivity contribution is 0.0987. The molecular weight excluding hydrogens is 232 g/mol. The van der Waals surface area contributed by atoms with Crippen molar-refractivity contribution in [1.82, 2.24) is 15.0 Å². The number of nitrogens with zero attached hydrogens (tertiary/aromatic N) is 3. The Hall–Kier alpha value is -1.43. The Bertz CT molecular complexity index is 416.